The Morgan fingerprint density at radius 2 is 2.04 bits per heavy atom. The lowest BCUT2D eigenvalue weighted by Gasteiger charge is -2.20. The molecule has 3 N–H and O–H groups in total. The molecule has 1 aliphatic rings. The van der Waals surface area contributed by atoms with Crippen molar-refractivity contribution >= 4 is 40.9 Å². The van der Waals surface area contributed by atoms with Gasteiger partial charge in [0.25, 0.3) is 11.8 Å². The molecule has 0 radical (unpaired) electrons. The number of imide groups is 1. The first-order valence-corrected chi connectivity index (χ1v) is 9.50. The number of thioether (sulfide) groups is 1. The predicted octanol–water partition coefficient (Wildman–Crippen LogP) is 2.37. The van der Waals surface area contributed by atoms with Gasteiger partial charge in [-0.1, -0.05) is 18.2 Å². The van der Waals surface area contributed by atoms with Crippen molar-refractivity contribution in [3.05, 3.63) is 52.2 Å². The summed E-state index contributed by atoms with van der Waals surface area (Å²) in [6.45, 7) is 2.14. The Bertz CT molecular complexity index is 807. The lowest BCUT2D eigenvalue weighted by Crippen LogP contribution is -2.46. The number of thiophene rings is 1. The van der Waals surface area contributed by atoms with Crippen molar-refractivity contribution in [1.82, 2.24) is 16.0 Å². The van der Waals surface area contributed by atoms with Crippen molar-refractivity contribution < 1.29 is 14.4 Å². The highest BCUT2D eigenvalue weighted by Crippen LogP contribution is 2.27. The molecule has 0 unspecified atom stereocenters. The normalized spacial score (nSPS) is 19.4. The van der Waals surface area contributed by atoms with Crippen LogP contribution in [0, 0.1) is 0 Å². The summed E-state index contributed by atoms with van der Waals surface area (Å²) < 4.78 is 0. The summed E-state index contributed by atoms with van der Waals surface area (Å²) in [7, 11) is 0. The molecule has 0 aliphatic carbocycles. The van der Waals surface area contributed by atoms with Crippen LogP contribution in [0.25, 0.3) is 0 Å². The number of nitrogens with one attached hydrogen (secondary N) is 3. The van der Waals surface area contributed by atoms with Gasteiger partial charge in [0, 0.05) is 15.5 Å². The van der Waals surface area contributed by atoms with Crippen LogP contribution in [0.4, 0.5) is 4.79 Å². The van der Waals surface area contributed by atoms with Crippen molar-refractivity contribution in [3.8, 4) is 0 Å². The van der Waals surface area contributed by atoms with Gasteiger partial charge in [-0.15, -0.1) is 23.1 Å². The molecule has 0 spiro atoms. The highest BCUT2D eigenvalue weighted by atomic mass is 32.2. The second-order valence-corrected chi connectivity index (χ2v) is 7.84. The maximum Gasteiger partial charge on any atom is 0.322 e. The third kappa shape index (κ3) is 4.02. The van der Waals surface area contributed by atoms with E-state index >= 15 is 0 Å². The van der Waals surface area contributed by atoms with E-state index in [2.05, 4.69) is 16.0 Å². The average molecular weight is 375 g/mol. The highest BCUT2D eigenvalue weighted by Gasteiger charge is 2.41. The molecule has 4 amide bonds. The summed E-state index contributed by atoms with van der Waals surface area (Å²) in [6, 6.07) is 10.6. The molecular formula is C17H17N3O3S2. The molecule has 8 heteroatoms. The van der Waals surface area contributed by atoms with E-state index < -0.39 is 11.6 Å². The summed E-state index contributed by atoms with van der Waals surface area (Å²) in [5.41, 5.74) is -0.431. The van der Waals surface area contributed by atoms with Crippen molar-refractivity contribution in [3.63, 3.8) is 0 Å². The van der Waals surface area contributed by atoms with Crippen molar-refractivity contribution in [2.24, 2.45) is 0 Å². The molecule has 1 fully saturated rings. The van der Waals surface area contributed by atoms with Crippen LogP contribution in [0.1, 0.15) is 22.2 Å². The first-order valence-electron chi connectivity index (χ1n) is 7.64. The van der Waals surface area contributed by atoms with E-state index in [-0.39, 0.29) is 11.8 Å². The summed E-state index contributed by atoms with van der Waals surface area (Å²) in [5.74, 6) is -0.189. The smallest absolute Gasteiger partial charge is 0.322 e. The van der Waals surface area contributed by atoms with Gasteiger partial charge in [0.05, 0.1) is 12.1 Å². The number of carbonyl (C=O) groups is 3. The third-order valence-electron chi connectivity index (χ3n) is 3.77. The summed E-state index contributed by atoms with van der Waals surface area (Å²) in [5, 5.41) is 9.73. The molecule has 1 saturated heterocycles. The Labute approximate surface area is 153 Å². The first-order chi connectivity index (χ1) is 12.0. The fourth-order valence-electron chi connectivity index (χ4n) is 2.36. The average Bonchev–Trinajstić information content (AvgIpc) is 3.19. The molecule has 2 aromatic rings. The standard InChI is InChI=1S/C17H17N3O3S2/c1-17(15(22)19-16(23)20-17)10-25-13-7-3-2-6-12(13)14(21)18-9-11-5-4-8-24-11/h2-8H,9-10H2,1H3,(H,18,21)(H2,19,20,22,23)/t17-/m1/s1. The van der Waals surface area contributed by atoms with Gasteiger partial charge >= 0.3 is 6.03 Å². The molecule has 0 saturated carbocycles. The van der Waals surface area contributed by atoms with E-state index in [1.165, 1.54) is 11.8 Å². The Morgan fingerprint density at radius 3 is 2.72 bits per heavy atom. The molecule has 25 heavy (non-hydrogen) atoms. The van der Waals surface area contributed by atoms with Gasteiger partial charge in [-0.2, -0.15) is 0 Å². The van der Waals surface area contributed by atoms with E-state index in [4.69, 9.17) is 0 Å². The summed E-state index contributed by atoms with van der Waals surface area (Å²) in [4.78, 5) is 37.6. The quantitative estimate of drug-likeness (QED) is 0.534. The Balaban J connectivity index is 1.67. The number of carbonyl (C=O) groups excluding carboxylic acids is 3. The van der Waals surface area contributed by atoms with Gasteiger partial charge in [0.15, 0.2) is 0 Å². The number of urea groups is 1. The molecule has 130 valence electrons. The lowest BCUT2D eigenvalue weighted by atomic mass is 10.1. The van der Waals surface area contributed by atoms with Crippen molar-refractivity contribution in [1.29, 1.82) is 0 Å². The van der Waals surface area contributed by atoms with E-state index in [1.54, 1.807) is 30.4 Å². The van der Waals surface area contributed by atoms with E-state index in [0.29, 0.717) is 17.9 Å². The zero-order valence-electron chi connectivity index (χ0n) is 13.5. The van der Waals surface area contributed by atoms with Crippen LogP contribution in [0.5, 0.6) is 0 Å². The summed E-state index contributed by atoms with van der Waals surface area (Å²) in [6.07, 6.45) is 0. The maximum absolute atomic E-state index is 12.5. The fraction of sp³-hybridized carbons (Fsp3) is 0.235. The zero-order chi connectivity index (χ0) is 17.9. The monoisotopic (exact) mass is 375 g/mol. The second-order valence-electron chi connectivity index (χ2n) is 5.79. The lowest BCUT2D eigenvalue weighted by molar-refractivity contribution is -0.122. The number of amides is 4. The third-order valence-corrected chi connectivity index (χ3v) is 6.03. The highest BCUT2D eigenvalue weighted by molar-refractivity contribution is 7.99. The molecule has 3 rings (SSSR count). The van der Waals surface area contributed by atoms with Gasteiger partial charge < -0.3 is 10.6 Å². The van der Waals surface area contributed by atoms with Crippen LogP contribution in [0.15, 0.2) is 46.7 Å². The Morgan fingerprint density at radius 1 is 1.24 bits per heavy atom. The molecule has 1 aromatic heterocycles. The first kappa shape index (κ1) is 17.5. The molecule has 1 atom stereocenters. The topological polar surface area (TPSA) is 87.3 Å². The minimum Gasteiger partial charge on any atom is -0.347 e. The molecular weight excluding hydrogens is 358 g/mol. The molecule has 0 bridgehead atoms. The molecule has 2 heterocycles. The van der Waals surface area contributed by atoms with Crippen LogP contribution in [-0.4, -0.2) is 29.1 Å². The second kappa shape index (κ2) is 7.28. The fourth-order valence-corrected chi connectivity index (χ4v) is 4.14. The largest absolute Gasteiger partial charge is 0.347 e. The SMILES string of the molecule is C[C@]1(CSc2ccccc2C(=O)NCc2cccs2)NC(=O)NC1=O. The van der Waals surface area contributed by atoms with Crippen LogP contribution in [-0.2, 0) is 11.3 Å². The van der Waals surface area contributed by atoms with Gasteiger partial charge in [0.1, 0.15) is 5.54 Å². The van der Waals surface area contributed by atoms with Crippen LogP contribution in [0.2, 0.25) is 0 Å². The molecule has 6 nitrogen and oxygen atoms in total. The number of hydrogen-bond donors (Lipinski definition) is 3. The van der Waals surface area contributed by atoms with Crippen LogP contribution in [0.3, 0.4) is 0 Å². The Kier molecular flexibility index (Phi) is 5.10. The van der Waals surface area contributed by atoms with Gasteiger partial charge in [-0.05, 0) is 30.5 Å². The summed E-state index contributed by atoms with van der Waals surface area (Å²) >= 11 is 2.95. The van der Waals surface area contributed by atoms with Gasteiger partial charge in [-0.3, -0.25) is 14.9 Å². The zero-order valence-corrected chi connectivity index (χ0v) is 15.1. The molecule has 1 aliphatic heterocycles. The Hall–Kier alpha value is -2.32. The van der Waals surface area contributed by atoms with Crippen LogP contribution >= 0.6 is 23.1 Å². The van der Waals surface area contributed by atoms with Crippen molar-refractivity contribution in [2.45, 2.75) is 23.9 Å². The maximum atomic E-state index is 12.5. The van der Waals surface area contributed by atoms with Gasteiger partial charge in [-0.25, -0.2) is 4.79 Å². The number of benzene rings is 1. The molecule has 1 aromatic carbocycles. The van der Waals surface area contributed by atoms with Gasteiger partial charge in [0.2, 0.25) is 0 Å². The van der Waals surface area contributed by atoms with Crippen molar-refractivity contribution in [2.75, 3.05) is 5.75 Å². The number of rotatable bonds is 6. The number of hydrogen-bond acceptors (Lipinski definition) is 5. The van der Waals surface area contributed by atoms with E-state index in [0.717, 1.165) is 9.77 Å². The van der Waals surface area contributed by atoms with E-state index in [1.807, 2.05) is 29.6 Å². The minimum absolute atomic E-state index is 0.165. The van der Waals surface area contributed by atoms with Crippen LogP contribution < -0.4 is 16.0 Å². The predicted molar refractivity (Wildman–Crippen MR) is 97.7 cm³/mol. The minimum atomic E-state index is -0.984. The van der Waals surface area contributed by atoms with E-state index in [9.17, 15) is 14.4 Å².